The molecule has 0 aliphatic heterocycles. The van der Waals surface area contributed by atoms with Crippen molar-refractivity contribution in [3.05, 3.63) is 36.0 Å². The van der Waals surface area contributed by atoms with Gasteiger partial charge in [0.15, 0.2) is 0 Å². The molecule has 112 valence electrons. The van der Waals surface area contributed by atoms with Crippen LogP contribution >= 0.6 is 0 Å². The highest BCUT2D eigenvalue weighted by Crippen LogP contribution is 2.17. The van der Waals surface area contributed by atoms with E-state index in [-0.39, 0.29) is 11.8 Å². The highest BCUT2D eigenvalue weighted by Gasteiger charge is 2.25. The standard InChI is InChI=1S/C16H20N2O3/c1-10(2)14(16(20)21-4)17-15(19)12-5-6-13-11(9-12)7-8-18(13)3/h5-10,14H,1-4H3,(H,17,19)/t14-/m0/s1. The minimum atomic E-state index is -0.644. The number of benzene rings is 1. The summed E-state index contributed by atoms with van der Waals surface area (Å²) in [7, 11) is 3.27. The van der Waals surface area contributed by atoms with Gasteiger partial charge in [0.25, 0.3) is 5.91 Å². The second-order valence-corrected chi connectivity index (χ2v) is 5.42. The van der Waals surface area contributed by atoms with Gasteiger partial charge in [0, 0.05) is 29.7 Å². The molecule has 0 radical (unpaired) electrons. The molecule has 21 heavy (non-hydrogen) atoms. The largest absolute Gasteiger partial charge is 0.467 e. The van der Waals surface area contributed by atoms with Crippen LogP contribution in [0.3, 0.4) is 0 Å². The van der Waals surface area contributed by atoms with Crippen LogP contribution in [0.1, 0.15) is 24.2 Å². The van der Waals surface area contributed by atoms with Crippen LogP contribution in [0.4, 0.5) is 0 Å². The highest BCUT2D eigenvalue weighted by atomic mass is 16.5. The molecule has 1 heterocycles. The first-order valence-corrected chi connectivity index (χ1v) is 6.88. The smallest absolute Gasteiger partial charge is 0.328 e. The van der Waals surface area contributed by atoms with Crippen molar-refractivity contribution in [2.75, 3.05) is 7.11 Å². The molecule has 0 bridgehead atoms. The maximum atomic E-state index is 12.3. The van der Waals surface area contributed by atoms with E-state index in [4.69, 9.17) is 4.74 Å². The molecule has 0 saturated carbocycles. The molecule has 1 amide bonds. The molecule has 0 fully saturated rings. The Bertz CT molecular complexity index is 673. The van der Waals surface area contributed by atoms with Crippen molar-refractivity contribution in [2.24, 2.45) is 13.0 Å². The Hall–Kier alpha value is -2.30. The Morgan fingerprint density at radius 3 is 2.57 bits per heavy atom. The van der Waals surface area contributed by atoms with Crippen LogP contribution in [0.15, 0.2) is 30.5 Å². The predicted octanol–water partition coefficient (Wildman–Crippen LogP) is 2.11. The van der Waals surface area contributed by atoms with Crippen molar-refractivity contribution in [1.82, 2.24) is 9.88 Å². The molecule has 2 rings (SSSR count). The van der Waals surface area contributed by atoms with Gasteiger partial charge in [-0.05, 0) is 30.2 Å². The van der Waals surface area contributed by atoms with Crippen LogP contribution in [0.5, 0.6) is 0 Å². The molecule has 2 aromatic rings. The van der Waals surface area contributed by atoms with E-state index in [1.165, 1.54) is 7.11 Å². The quantitative estimate of drug-likeness (QED) is 0.877. The number of carbonyl (C=O) groups is 2. The molecule has 1 aromatic heterocycles. The van der Waals surface area contributed by atoms with E-state index in [2.05, 4.69) is 5.32 Å². The number of fused-ring (bicyclic) bond motifs is 1. The fourth-order valence-electron chi connectivity index (χ4n) is 2.27. The summed E-state index contributed by atoms with van der Waals surface area (Å²) in [5.74, 6) is -0.745. The van der Waals surface area contributed by atoms with Crippen LogP contribution in [0.25, 0.3) is 10.9 Å². The zero-order valence-corrected chi connectivity index (χ0v) is 12.7. The third-order valence-corrected chi connectivity index (χ3v) is 3.56. The van der Waals surface area contributed by atoms with E-state index in [1.54, 1.807) is 6.07 Å². The Morgan fingerprint density at radius 2 is 1.95 bits per heavy atom. The first-order valence-electron chi connectivity index (χ1n) is 6.88. The third kappa shape index (κ3) is 3.07. The minimum Gasteiger partial charge on any atom is -0.467 e. The fourth-order valence-corrected chi connectivity index (χ4v) is 2.27. The molecule has 1 N–H and O–H groups in total. The average Bonchev–Trinajstić information content (AvgIpc) is 2.84. The summed E-state index contributed by atoms with van der Waals surface area (Å²) in [4.78, 5) is 24.0. The Kier molecular flexibility index (Phi) is 4.31. The van der Waals surface area contributed by atoms with Crippen LogP contribution in [0, 0.1) is 5.92 Å². The van der Waals surface area contributed by atoms with Gasteiger partial charge in [0.2, 0.25) is 0 Å². The number of nitrogens with zero attached hydrogens (tertiary/aromatic N) is 1. The molecule has 0 saturated heterocycles. The molecule has 5 nitrogen and oxygen atoms in total. The van der Waals surface area contributed by atoms with Crippen LogP contribution < -0.4 is 5.32 Å². The average molecular weight is 288 g/mol. The van der Waals surface area contributed by atoms with E-state index >= 15 is 0 Å². The van der Waals surface area contributed by atoms with Crippen LogP contribution in [0.2, 0.25) is 0 Å². The minimum absolute atomic E-state index is 0.0399. The number of methoxy groups -OCH3 is 1. The molecule has 0 spiro atoms. The number of aryl methyl sites for hydroxylation is 1. The summed E-state index contributed by atoms with van der Waals surface area (Å²) in [5, 5.41) is 3.72. The number of carbonyl (C=O) groups excluding carboxylic acids is 2. The molecule has 0 aliphatic carbocycles. The Morgan fingerprint density at radius 1 is 1.24 bits per heavy atom. The number of aromatic nitrogens is 1. The summed E-state index contributed by atoms with van der Waals surface area (Å²) in [6.07, 6.45) is 1.94. The molecule has 1 atom stereocenters. The molecule has 0 aliphatic rings. The summed E-state index contributed by atoms with van der Waals surface area (Å²) in [6.45, 7) is 3.73. The maximum absolute atomic E-state index is 12.3. The lowest BCUT2D eigenvalue weighted by Gasteiger charge is -2.19. The van der Waals surface area contributed by atoms with E-state index < -0.39 is 12.0 Å². The van der Waals surface area contributed by atoms with E-state index in [0.29, 0.717) is 5.56 Å². The topological polar surface area (TPSA) is 60.3 Å². The second-order valence-electron chi connectivity index (χ2n) is 5.42. The number of rotatable bonds is 4. The van der Waals surface area contributed by atoms with Gasteiger partial charge in [-0.15, -0.1) is 0 Å². The number of amides is 1. The maximum Gasteiger partial charge on any atom is 0.328 e. The summed E-state index contributed by atoms with van der Waals surface area (Å²) < 4.78 is 6.72. The number of ether oxygens (including phenoxy) is 1. The lowest BCUT2D eigenvalue weighted by molar-refractivity contribution is -0.144. The zero-order chi connectivity index (χ0) is 15.6. The van der Waals surface area contributed by atoms with Gasteiger partial charge in [0.1, 0.15) is 6.04 Å². The van der Waals surface area contributed by atoms with Crippen molar-refractivity contribution in [3.63, 3.8) is 0 Å². The number of nitrogens with one attached hydrogen (secondary N) is 1. The van der Waals surface area contributed by atoms with Crippen LogP contribution in [-0.4, -0.2) is 29.6 Å². The molecule has 1 aromatic carbocycles. The fraction of sp³-hybridized carbons (Fsp3) is 0.375. The number of hydrogen-bond donors (Lipinski definition) is 1. The van der Waals surface area contributed by atoms with E-state index in [9.17, 15) is 9.59 Å². The molecule has 0 unspecified atom stereocenters. The van der Waals surface area contributed by atoms with E-state index in [1.807, 2.05) is 49.9 Å². The lowest BCUT2D eigenvalue weighted by Crippen LogP contribution is -2.45. The van der Waals surface area contributed by atoms with Gasteiger partial charge >= 0.3 is 5.97 Å². The normalized spacial score (nSPS) is 12.4. The summed E-state index contributed by atoms with van der Waals surface area (Å²) in [5.41, 5.74) is 1.59. The molecular formula is C16H20N2O3. The zero-order valence-electron chi connectivity index (χ0n) is 12.7. The number of hydrogen-bond acceptors (Lipinski definition) is 3. The monoisotopic (exact) mass is 288 g/mol. The third-order valence-electron chi connectivity index (χ3n) is 3.56. The van der Waals surface area contributed by atoms with Gasteiger partial charge in [0.05, 0.1) is 7.11 Å². The Balaban J connectivity index is 2.23. The second kappa shape index (κ2) is 5.99. The molecular weight excluding hydrogens is 268 g/mol. The van der Waals surface area contributed by atoms with Gasteiger partial charge in [-0.1, -0.05) is 13.8 Å². The van der Waals surface area contributed by atoms with Crippen molar-refractivity contribution < 1.29 is 14.3 Å². The van der Waals surface area contributed by atoms with Crippen molar-refractivity contribution >= 4 is 22.8 Å². The number of esters is 1. The summed E-state index contributed by atoms with van der Waals surface area (Å²) in [6, 6.07) is 6.78. The molecule has 5 heteroatoms. The van der Waals surface area contributed by atoms with Gasteiger partial charge in [-0.3, -0.25) is 4.79 Å². The van der Waals surface area contributed by atoms with Crippen molar-refractivity contribution in [3.8, 4) is 0 Å². The predicted molar refractivity (Wildman–Crippen MR) is 81.0 cm³/mol. The van der Waals surface area contributed by atoms with Gasteiger partial charge in [-0.2, -0.15) is 0 Å². The van der Waals surface area contributed by atoms with Crippen molar-refractivity contribution in [2.45, 2.75) is 19.9 Å². The van der Waals surface area contributed by atoms with Gasteiger partial charge in [-0.25, -0.2) is 4.79 Å². The SMILES string of the molecule is COC(=O)[C@@H](NC(=O)c1ccc2c(ccn2C)c1)C(C)C. The Labute approximate surface area is 123 Å². The lowest BCUT2D eigenvalue weighted by atomic mass is 10.0. The first-order chi connectivity index (χ1) is 9.93. The van der Waals surface area contributed by atoms with Crippen LogP contribution in [-0.2, 0) is 16.6 Å². The summed E-state index contributed by atoms with van der Waals surface area (Å²) >= 11 is 0. The van der Waals surface area contributed by atoms with Crippen molar-refractivity contribution in [1.29, 1.82) is 0 Å². The highest BCUT2D eigenvalue weighted by molar-refractivity contribution is 6.00. The van der Waals surface area contributed by atoms with E-state index in [0.717, 1.165) is 10.9 Å². The first kappa shape index (κ1) is 15.1. The van der Waals surface area contributed by atoms with Gasteiger partial charge < -0.3 is 14.6 Å².